The van der Waals surface area contributed by atoms with E-state index < -0.39 is 0 Å². The van der Waals surface area contributed by atoms with Gasteiger partial charge in [0.1, 0.15) is 5.03 Å². The van der Waals surface area contributed by atoms with Gasteiger partial charge in [0.2, 0.25) is 12.7 Å². The minimum absolute atomic E-state index is 0.0666. The Morgan fingerprint density at radius 3 is 2.65 bits per heavy atom. The number of hydrogen-bond acceptors (Lipinski definition) is 6. The SMILES string of the molecule is O=C(CSc1ccc(-c2ccc3ccccc3c2)nn1)NCc1ccc2c(c1)OCO2. The van der Waals surface area contributed by atoms with Crippen molar-refractivity contribution in [1.29, 1.82) is 0 Å². The molecule has 0 spiro atoms. The summed E-state index contributed by atoms with van der Waals surface area (Å²) in [5.41, 5.74) is 2.79. The fourth-order valence-corrected chi connectivity index (χ4v) is 3.99. The number of nitrogens with one attached hydrogen (secondary N) is 1. The lowest BCUT2D eigenvalue weighted by Gasteiger charge is -2.06. The Labute approximate surface area is 183 Å². The maximum Gasteiger partial charge on any atom is 0.231 e. The standard InChI is InChI=1S/C24H19N3O3S/c28-23(25-13-16-5-9-21-22(11-16)30-15-29-21)14-31-24-10-8-20(26-27-24)19-7-6-17-3-1-2-4-18(17)12-19/h1-12H,13-15H2,(H,25,28). The fourth-order valence-electron chi connectivity index (χ4n) is 3.34. The van der Waals surface area contributed by atoms with E-state index in [-0.39, 0.29) is 18.5 Å². The predicted octanol–water partition coefficient (Wildman–Crippen LogP) is 4.43. The van der Waals surface area contributed by atoms with Gasteiger partial charge >= 0.3 is 0 Å². The molecule has 7 heteroatoms. The monoisotopic (exact) mass is 429 g/mol. The number of carbonyl (C=O) groups is 1. The van der Waals surface area contributed by atoms with E-state index >= 15 is 0 Å². The number of amides is 1. The van der Waals surface area contributed by atoms with Gasteiger partial charge in [0.15, 0.2) is 11.5 Å². The zero-order valence-electron chi connectivity index (χ0n) is 16.6. The third-order valence-corrected chi connectivity index (χ3v) is 5.88. The quantitative estimate of drug-likeness (QED) is 0.457. The van der Waals surface area contributed by atoms with Gasteiger partial charge in [0, 0.05) is 12.1 Å². The number of carbonyl (C=O) groups excluding carboxylic acids is 1. The molecule has 0 aliphatic carbocycles. The molecular weight excluding hydrogens is 410 g/mol. The van der Waals surface area contributed by atoms with Gasteiger partial charge in [-0.2, -0.15) is 0 Å². The maximum atomic E-state index is 12.2. The maximum absolute atomic E-state index is 12.2. The van der Waals surface area contributed by atoms with Crippen molar-refractivity contribution in [3.63, 3.8) is 0 Å². The van der Waals surface area contributed by atoms with Gasteiger partial charge in [-0.05, 0) is 46.7 Å². The van der Waals surface area contributed by atoms with Crippen LogP contribution in [0.2, 0.25) is 0 Å². The van der Waals surface area contributed by atoms with Crippen LogP contribution in [0, 0.1) is 0 Å². The van der Waals surface area contributed by atoms with E-state index in [0.29, 0.717) is 17.3 Å². The highest BCUT2D eigenvalue weighted by Gasteiger charge is 2.13. The van der Waals surface area contributed by atoms with Crippen LogP contribution in [-0.2, 0) is 11.3 Å². The summed E-state index contributed by atoms with van der Waals surface area (Å²) in [6.07, 6.45) is 0. The van der Waals surface area contributed by atoms with E-state index in [2.05, 4.69) is 39.8 Å². The molecular formula is C24H19N3O3S. The highest BCUT2D eigenvalue weighted by Crippen LogP contribution is 2.32. The molecule has 1 aromatic heterocycles. The van der Waals surface area contributed by atoms with Crippen molar-refractivity contribution in [2.75, 3.05) is 12.5 Å². The molecule has 0 saturated heterocycles. The summed E-state index contributed by atoms with van der Waals surface area (Å²) in [6, 6.07) is 23.9. The van der Waals surface area contributed by atoms with Crippen molar-refractivity contribution in [1.82, 2.24) is 15.5 Å². The van der Waals surface area contributed by atoms with Crippen LogP contribution in [0.25, 0.3) is 22.0 Å². The molecule has 0 unspecified atom stereocenters. The van der Waals surface area contributed by atoms with Crippen LogP contribution < -0.4 is 14.8 Å². The zero-order valence-corrected chi connectivity index (χ0v) is 17.4. The van der Waals surface area contributed by atoms with Crippen molar-refractivity contribution >= 4 is 28.4 Å². The summed E-state index contributed by atoms with van der Waals surface area (Å²) in [6.45, 7) is 0.672. The number of nitrogens with zero attached hydrogens (tertiary/aromatic N) is 2. The molecule has 1 aliphatic heterocycles. The Hall–Kier alpha value is -3.58. The third kappa shape index (κ3) is 4.46. The minimum atomic E-state index is -0.0666. The molecule has 0 atom stereocenters. The molecule has 1 N–H and O–H groups in total. The first-order valence-corrected chi connectivity index (χ1v) is 10.8. The van der Waals surface area contributed by atoms with E-state index in [1.807, 2.05) is 48.5 Å². The first-order chi connectivity index (χ1) is 15.2. The van der Waals surface area contributed by atoms with Crippen molar-refractivity contribution in [3.05, 3.63) is 78.4 Å². The number of fused-ring (bicyclic) bond motifs is 2. The lowest BCUT2D eigenvalue weighted by molar-refractivity contribution is -0.118. The smallest absolute Gasteiger partial charge is 0.231 e. The number of rotatable bonds is 6. The van der Waals surface area contributed by atoms with Crippen LogP contribution in [0.4, 0.5) is 0 Å². The van der Waals surface area contributed by atoms with Crippen molar-refractivity contribution in [2.45, 2.75) is 11.6 Å². The summed E-state index contributed by atoms with van der Waals surface area (Å²) in [7, 11) is 0. The molecule has 0 bridgehead atoms. The number of benzene rings is 3. The lowest BCUT2D eigenvalue weighted by atomic mass is 10.1. The molecule has 0 saturated carbocycles. The Kier molecular flexibility index (Phi) is 5.41. The molecule has 31 heavy (non-hydrogen) atoms. The summed E-state index contributed by atoms with van der Waals surface area (Å²) in [5.74, 6) is 1.65. The fraction of sp³-hybridized carbons (Fsp3) is 0.125. The molecule has 1 aliphatic rings. The normalized spacial score (nSPS) is 12.1. The van der Waals surface area contributed by atoms with E-state index in [1.165, 1.54) is 22.5 Å². The van der Waals surface area contributed by atoms with Crippen LogP contribution in [-0.4, -0.2) is 28.7 Å². The van der Waals surface area contributed by atoms with Crippen LogP contribution >= 0.6 is 11.8 Å². The molecule has 2 heterocycles. The van der Waals surface area contributed by atoms with Crippen LogP contribution in [0.3, 0.4) is 0 Å². The second kappa shape index (κ2) is 8.65. The minimum Gasteiger partial charge on any atom is -0.454 e. The van der Waals surface area contributed by atoms with Crippen LogP contribution in [0.15, 0.2) is 77.8 Å². The predicted molar refractivity (Wildman–Crippen MR) is 120 cm³/mol. The van der Waals surface area contributed by atoms with Gasteiger partial charge < -0.3 is 14.8 Å². The molecule has 6 nitrogen and oxygen atoms in total. The molecule has 0 radical (unpaired) electrons. The number of aromatic nitrogens is 2. The average Bonchev–Trinajstić information content (AvgIpc) is 3.29. The third-order valence-electron chi connectivity index (χ3n) is 4.96. The molecule has 4 aromatic rings. The van der Waals surface area contributed by atoms with Crippen molar-refractivity contribution in [2.24, 2.45) is 0 Å². The summed E-state index contributed by atoms with van der Waals surface area (Å²) in [5, 5.41) is 14.6. The first-order valence-electron chi connectivity index (χ1n) is 9.85. The summed E-state index contributed by atoms with van der Waals surface area (Å²) < 4.78 is 10.7. The zero-order chi connectivity index (χ0) is 21.0. The Morgan fingerprint density at radius 1 is 0.903 bits per heavy atom. The Morgan fingerprint density at radius 2 is 1.77 bits per heavy atom. The Bertz CT molecular complexity index is 1240. The van der Waals surface area contributed by atoms with Gasteiger partial charge in [-0.3, -0.25) is 4.79 Å². The van der Waals surface area contributed by atoms with E-state index in [0.717, 1.165) is 22.6 Å². The number of thioether (sulfide) groups is 1. The molecule has 3 aromatic carbocycles. The molecule has 0 fully saturated rings. The van der Waals surface area contributed by atoms with Crippen LogP contribution in [0.1, 0.15) is 5.56 Å². The highest BCUT2D eigenvalue weighted by atomic mass is 32.2. The molecule has 154 valence electrons. The Balaban J connectivity index is 1.15. The van der Waals surface area contributed by atoms with Gasteiger partial charge in [0.05, 0.1) is 11.4 Å². The topological polar surface area (TPSA) is 73.3 Å². The van der Waals surface area contributed by atoms with Gasteiger partial charge in [0.25, 0.3) is 0 Å². The lowest BCUT2D eigenvalue weighted by Crippen LogP contribution is -2.24. The highest BCUT2D eigenvalue weighted by molar-refractivity contribution is 7.99. The van der Waals surface area contributed by atoms with E-state index in [1.54, 1.807) is 0 Å². The molecule has 1 amide bonds. The van der Waals surface area contributed by atoms with Gasteiger partial charge in [-0.1, -0.05) is 54.2 Å². The number of hydrogen-bond donors (Lipinski definition) is 1. The number of ether oxygens (including phenoxy) is 2. The van der Waals surface area contributed by atoms with E-state index in [4.69, 9.17) is 9.47 Å². The van der Waals surface area contributed by atoms with Crippen LogP contribution in [0.5, 0.6) is 11.5 Å². The van der Waals surface area contributed by atoms with Crippen molar-refractivity contribution < 1.29 is 14.3 Å². The van der Waals surface area contributed by atoms with E-state index in [9.17, 15) is 4.79 Å². The summed E-state index contributed by atoms with van der Waals surface area (Å²) >= 11 is 1.36. The summed E-state index contributed by atoms with van der Waals surface area (Å²) in [4.78, 5) is 12.2. The van der Waals surface area contributed by atoms with Gasteiger partial charge in [-0.15, -0.1) is 10.2 Å². The second-order valence-electron chi connectivity index (χ2n) is 7.07. The first kappa shape index (κ1) is 19.4. The molecule has 5 rings (SSSR count). The second-order valence-corrected chi connectivity index (χ2v) is 8.07. The van der Waals surface area contributed by atoms with Gasteiger partial charge in [-0.25, -0.2) is 0 Å². The average molecular weight is 430 g/mol. The largest absolute Gasteiger partial charge is 0.454 e. The van der Waals surface area contributed by atoms with Crippen molar-refractivity contribution in [3.8, 4) is 22.8 Å².